The van der Waals surface area contributed by atoms with Gasteiger partial charge in [-0.1, -0.05) is 0 Å². The summed E-state index contributed by atoms with van der Waals surface area (Å²) in [5.74, 6) is 0. The number of rotatable bonds is 3. The third-order valence-corrected chi connectivity index (χ3v) is 5.11. The average Bonchev–Trinajstić information content (AvgIpc) is 2.39. The lowest BCUT2D eigenvalue weighted by molar-refractivity contribution is 0.292. The quantitative estimate of drug-likeness (QED) is 0.846. The van der Waals surface area contributed by atoms with E-state index < -0.39 is 10.0 Å². The Bertz CT molecular complexity index is 518. The van der Waals surface area contributed by atoms with E-state index in [1.54, 1.807) is 6.92 Å². The van der Waals surface area contributed by atoms with Crippen LogP contribution in [-0.2, 0) is 10.0 Å². The van der Waals surface area contributed by atoms with Gasteiger partial charge in [-0.3, -0.25) is 4.98 Å². The molecule has 1 N–H and O–H groups in total. The molecule has 0 aliphatic carbocycles. The monoisotopic (exact) mass is 270 g/mol. The van der Waals surface area contributed by atoms with Crippen LogP contribution in [-0.4, -0.2) is 48.9 Å². The molecule has 1 aromatic heterocycles. The van der Waals surface area contributed by atoms with Gasteiger partial charge in [0.25, 0.3) is 10.0 Å². The maximum Gasteiger partial charge on any atom is 0.262 e. The molecule has 2 heterocycles. The summed E-state index contributed by atoms with van der Waals surface area (Å²) in [6.45, 7) is 2.71. The van der Waals surface area contributed by atoms with E-state index in [9.17, 15) is 8.42 Å². The van der Waals surface area contributed by atoms with Crippen LogP contribution in [0.1, 0.15) is 18.5 Å². The summed E-state index contributed by atoms with van der Waals surface area (Å²) in [4.78, 5) is 7.96. The second kappa shape index (κ2) is 5.29. The number of piperidine rings is 1. The predicted octanol–water partition coefficient (Wildman–Crippen LogP) is 0.158. The minimum atomic E-state index is -3.52. The van der Waals surface area contributed by atoms with Crippen LogP contribution in [0.2, 0.25) is 0 Å². The molecular formula is C11H18N4O2S. The molecule has 1 aromatic rings. The summed E-state index contributed by atoms with van der Waals surface area (Å²) in [7, 11) is -1.66. The van der Waals surface area contributed by atoms with E-state index in [1.807, 2.05) is 7.05 Å². The minimum absolute atomic E-state index is 0.0711. The maximum absolute atomic E-state index is 12.5. The van der Waals surface area contributed by atoms with E-state index >= 15 is 0 Å². The molecule has 1 aliphatic heterocycles. The highest BCUT2D eigenvalue weighted by molar-refractivity contribution is 7.89. The lowest BCUT2D eigenvalue weighted by Gasteiger charge is -2.31. The smallest absolute Gasteiger partial charge is 0.262 e. The lowest BCUT2D eigenvalue weighted by atomic mass is 10.1. The zero-order valence-electron chi connectivity index (χ0n) is 10.6. The standard InChI is InChI=1S/C11H18N4O2S/c1-9-11(14-6-5-13-9)18(16,17)15-7-3-4-10(8-15)12-2/h5-6,10,12H,3-4,7-8H2,1-2H3/t10-/m1/s1. The second-order valence-corrected chi connectivity index (χ2v) is 6.29. The van der Waals surface area contributed by atoms with E-state index in [0.29, 0.717) is 18.8 Å². The van der Waals surface area contributed by atoms with Crippen molar-refractivity contribution in [2.75, 3.05) is 20.1 Å². The molecule has 0 unspecified atom stereocenters. The Morgan fingerprint density at radius 2 is 2.11 bits per heavy atom. The molecule has 2 rings (SSSR count). The van der Waals surface area contributed by atoms with Crippen molar-refractivity contribution in [2.24, 2.45) is 0 Å². The third-order valence-electron chi connectivity index (χ3n) is 3.21. The van der Waals surface area contributed by atoms with Crippen molar-refractivity contribution in [2.45, 2.75) is 30.8 Å². The summed E-state index contributed by atoms with van der Waals surface area (Å²) < 4.78 is 26.4. The van der Waals surface area contributed by atoms with E-state index in [0.717, 1.165) is 12.8 Å². The molecule has 0 bridgehead atoms. The number of hydrogen-bond donors (Lipinski definition) is 1. The first-order chi connectivity index (χ1) is 8.55. The van der Waals surface area contributed by atoms with Crippen LogP contribution in [0.15, 0.2) is 17.4 Å². The van der Waals surface area contributed by atoms with Crippen LogP contribution in [0.25, 0.3) is 0 Å². The molecule has 1 fully saturated rings. The highest BCUT2D eigenvalue weighted by Crippen LogP contribution is 2.20. The zero-order valence-corrected chi connectivity index (χ0v) is 11.4. The molecule has 0 aromatic carbocycles. The Kier molecular flexibility index (Phi) is 3.94. The minimum Gasteiger partial charge on any atom is -0.316 e. The second-order valence-electron chi connectivity index (χ2n) is 4.44. The molecule has 1 aliphatic rings. The van der Waals surface area contributed by atoms with Crippen LogP contribution in [0, 0.1) is 6.92 Å². The molecule has 1 saturated heterocycles. The summed E-state index contributed by atoms with van der Waals surface area (Å²) in [6, 6.07) is 0.213. The number of hydrogen-bond acceptors (Lipinski definition) is 5. The molecule has 7 heteroatoms. The molecule has 0 spiro atoms. The summed E-state index contributed by atoms with van der Waals surface area (Å²) >= 11 is 0. The van der Waals surface area contributed by atoms with Crippen molar-refractivity contribution in [3.8, 4) is 0 Å². The lowest BCUT2D eigenvalue weighted by Crippen LogP contribution is -2.47. The molecule has 1 atom stereocenters. The first kappa shape index (κ1) is 13.4. The van der Waals surface area contributed by atoms with Crippen LogP contribution >= 0.6 is 0 Å². The van der Waals surface area contributed by atoms with Crippen molar-refractivity contribution in [3.05, 3.63) is 18.1 Å². The number of nitrogens with one attached hydrogen (secondary N) is 1. The van der Waals surface area contributed by atoms with E-state index in [-0.39, 0.29) is 11.1 Å². The SMILES string of the molecule is CN[C@@H]1CCCN(S(=O)(=O)c2nccnc2C)C1. The van der Waals surface area contributed by atoms with Gasteiger partial charge in [-0.15, -0.1) is 0 Å². The third kappa shape index (κ3) is 2.52. The van der Waals surface area contributed by atoms with Crippen molar-refractivity contribution in [1.82, 2.24) is 19.6 Å². The molecule has 0 saturated carbocycles. The highest BCUT2D eigenvalue weighted by Gasteiger charge is 2.31. The Balaban J connectivity index is 2.29. The van der Waals surface area contributed by atoms with Crippen LogP contribution in [0.5, 0.6) is 0 Å². The first-order valence-corrected chi connectivity index (χ1v) is 7.44. The number of nitrogens with zero attached hydrogens (tertiary/aromatic N) is 3. The topological polar surface area (TPSA) is 75.2 Å². The largest absolute Gasteiger partial charge is 0.316 e. The molecule has 100 valence electrons. The summed E-state index contributed by atoms with van der Waals surface area (Å²) in [5, 5.41) is 3.20. The fourth-order valence-electron chi connectivity index (χ4n) is 2.17. The molecule has 6 nitrogen and oxygen atoms in total. The van der Waals surface area contributed by atoms with Gasteiger partial charge in [-0.2, -0.15) is 4.31 Å². The van der Waals surface area contributed by atoms with Crippen LogP contribution in [0.3, 0.4) is 0 Å². The maximum atomic E-state index is 12.5. The van der Waals surface area contributed by atoms with E-state index in [2.05, 4.69) is 15.3 Å². The van der Waals surface area contributed by atoms with Gasteiger partial charge < -0.3 is 5.32 Å². The number of likely N-dealkylation sites (N-methyl/N-ethyl adjacent to an activating group) is 1. The molecule has 18 heavy (non-hydrogen) atoms. The average molecular weight is 270 g/mol. The van der Waals surface area contributed by atoms with E-state index in [4.69, 9.17) is 0 Å². The highest BCUT2D eigenvalue weighted by atomic mass is 32.2. The van der Waals surface area contributed by atoms with Crippen molar-refractivity contribution < 1.29 is 8.42 Å². The molecule has 0 radical (unpaired) electrons. The summed E-state index contributed by atoms with van der Waals surface area (Å²) in [5.41, 5.74) is 0.448. The Hall–Kier alpha value is -1.05. The number of aryl methyl sites for hydroxylation is 1. The molecule has 0 amide bonds. The number of sulfonamides is 1. The zero-order chi connectivity index (χ0) is 13.2. The summed E-state index contributed by atoms with van der Waals surface area (Å²) in [6.07, 6.45) is 4.78. The normalized spacial score (nSPS) is 22.0. The van der Waals surface area contributed by atoms with Crippen molar-refractivity contribution >= 4 is 10.0 Å². The molecular weight excluding hydrogens is 252 g/mol. The fraction of sp³-hybridized carbons (Fsp3) is 0.636. The van der Waals surface area contributed by atoms with Gasteiger partial charge in [0.2, 0.25) is 0 Å². The van der Waals surface area contributed by atoms with Gasteiger partial charge in [-0.25, -0.2) is 13.4 Å². The van der Waals surface area contributed by atoms with Gasteiger partial charge >= 0.3 is 0 Å². The number of aromatic nitrogens is 2. The van der Waals surface area contributed by atoms with Crippen molar-refractivity contribution in [3.63, 3.8) is 0 Å². The Morgan fingerprint density at radius 3 is 2.78 bits per heavy atom. The van der Waals surface area contributed by atoms with Gasteiger partial charge in [0.1, 0.15) is 0 Å². The van der Waals surface area contributed by atoms with Gasteiger partial charge in [0.15, 0.2) is 5.03 Å². The van der Waals surface area contributed by atoms with Crippen LogP contribution < -0.4 is 5.32 Å². The van der Waals surface area contributed by atoms with Gasteiger partial charge in [0.05, 0.1) is 5.69 Å². The fourth-order valence-corrected chi connectivity index (χ4v) is 3.78. The van der Waals surface area contributed by atoms with Crippen LogP contribution in [0.4, 0.5) is 0 Å². The Morgan fingerprint density at radius 1 is 1.39 bits per heavy atom. The van der Waals surface area contributed by atoms with Crippen molar-refractivity contribution in [1.29, 1.82) is 0 Å². The van der Waals surface area contributed by atoms with Gasteiger partial charge in [0, 0.05) is 31.5 Å². The Labute approximate surface area is 107 Å². The predicted molar refractivity (Wildman–Crippen MR) is 67.6 cm³/mol. The first-order valence-electron chi connectivity index (χ1n) is 6.00. The van der Waals surface area contributed by atoms with E-state index in [1.165, 1.54) is 16.7 Å². The van der Waals surface area contributed by atoms with Gasteiger partial charge in [-0.05, 0) is 26.8 Å².